The van der Waals surface area contributed by atoms with Crippen molar-refractivity contribution in [2.45, 2.75) is 38.5 Å². The second-order valence-electron chi connectivity index (χ2n) is 5.39. The summed E-state index contributed by atoms with van der Waals surface area (Å²) in [6.45, 7) is 3.16. The molecular formula is C14H17F3N2O4S. The van der Waals surface area contributed by atoms with Crippen molar-refractivity contribution in [3.05, 3.63) is 22.4 Å². The fourth-order valence-corrected chi connectivity index (χ4v) is 2.47. The van der Waals surface area contributed by atoms with E-state index in [4.69, 9.17) is 5.11 Å². The maximum atomic E-state index is 12.4. The highest BCUT2D eigenvalue weighted by molar-refractivity contribution is 7.12. The van der Waals surface area contributed by atoms with Crippen LogP contribution in [0.1, 0.15) is 29.9 Å². The van der Waals surface area contributed by atoms with E-state index < -0.39 is 48.4 Å². The minimum Gasteiger partial charge on any atom is -0.480 e. The van der Waals surface area contributed by atoms with E-state index in [1.165, 1.54) is 6.07 Å². The molecule has 0 aliphatic rings. The second-order valence-corrected chi connectivity index (χ2v) is 6.34. The minimum atomic E-state index is -4.75. The zero-order valence-electron chi connectivity index (χ0n) is 12.9. The molecule has 24 heavy (non-hydrogen) atoms. The highest BCUT2D eigenvalue weighted by atomic mass is 32.1. The Morgan fingerprint density at radius 1 is 1.25 bits per heavy atom. The van der Waals surface area contributed by atoms with Crippen LogP contribution in [0.2, 0.25) is 0 Å². The Bertz CT molecular complexity index is 587. The van der Waals surface area contributed by atoms with E-state index in [1.54, 1.807) is 25.3 Å². The third-order valence-electron chi connectivity index (χ3n) is 3.03. The van der Waals surface area contributed by atoms with Gasteiger partial charge in [-0.05, 0) is 17.4 Å². The highest BCUT2D eigenvalue weighted by Gasteiger charge is 2.37. The maximum absolute atomic E-state index is 12.4. The highest BCUT2D eigenvalue weighted by Crippen LogP contribution is 2.22. The van der Waals surface area contributed by atoms with Crippen molar-refractivity contribution in [3.8, 4) is 0 Å². The van der Waals surface area contributed by atoms with Gasteiger partial charge in [0.25, 0.3) is 5.91 Å². The molecule has 1 heterocycles. The van der Waals surface area contributed by atoms with Crippen molar-refractivity contribution in [2.75, 3.05) is 0 Å². The first-order valence-corrected chi connectivity index (χ1v) is 7.83. The van der Waals surface area contributed by atoms with E-state index in [0.29, 0.717) is 4.88 Å². The third-order valence-corrected chi connectivity index (χ3v) is 3.90. The van der Waals surface area contributed by atoms with E-state index in [2.05, 4.69) is 5.32 Å². The predicted molar refractivity (Wildman–Crippen MR) is 80.6 cm³/mol. The summed E-state index contributed by atoms with van der Waals surface area (Å²) in [5, 5.41) is 14.7. The summed E-state index contributed by atoms with van der Waals surface area (Å²) in [7, 11) is 0. The number of amides is 2. The molecule has 1 aromatic rings. The lowest BCUT2D eigenvalue weighted by atomic mass is 10.0. The van der Waals surface area contributed by atoms with Crippen LogP contribution in [0.5, 0.6) is 0 Å². The molecule has 2 atom stereocenters. The second kappa shape index (κ2) is 8.13. The van der Waals surface area contributed by atoms with Gasteiger partial charge in [0.05, 0.1) is 11.3 Å². The van der Waals surface area contributed by atoms with Crippen molar-refractivity contribution in [2.24, 2.45) is 5.92 Å². The van der Waals surface area contributed by atoms with Gasteiger partial charge in [-0.15, -0.1) is 11.3 Å². The number of carboxylic acid groups (broad SMARTS) is 1. The normalized spacial score (nSPS) is 14.1. The van der Waals surface area contributed by atoms with Crippen molar-refractivity contribution < 1.29 is 32.7 Å². The SMILES string of the molecule is CC(C)C(NC(=O)c1cccs1)C(=O)NC(CC(F)(F)F)C(=O)O. The number of hydrogen-bond acceptors (Lipinski definition) is 4. The van der Waals surface area contributed by atoms with Gasteiger partial charge < -0.3 is 15.7 Å². The van der Waals surface area contributed by atoms with Crippen LogP contribution in [0.15, 0.2) is 17.5 Å². The molecule has 0 saturated heterocycles. The molecular weight excluding hydrogens is 349 g/mol. The van der Waals surface area contributed by atoms with Crippen molar-refractivity contribution in [3.63, 3.8) is 0 Å². The van der Waals surface area contributed by atoms with Crippen LogP contribution in [-0.2, 0) is 9.59 Å². The standard InChI is InChI=1S/C14H17F3N2O4S/c1-7(2)10(19-11(20)9-4-3-5-24-9)12(21)18-8(13(22)23)6-14(15,16)17/h3-5,7-8,10H,6H2,1-2H3,(H,18,21)(H,19,20)(H,22,23). The summed E-state index contributed by atoms with van der Waals surface area (Å²) in [5.74, 6) is -3.78. The molecule has 0 saturated carbocycles. The number of halogens is 3. The van der Waals surface area contributed by atoms with Crippen molar-refractivity contribution >= 4 is 29.1 Å². The summed E-state index contributed by atoms with van der Waals surface area (Å²) >= 11 is 1.14. The van der Waals surface area contributed by atoms with E-state index in [-0.39, 0.29) is 0 Å². The number of carbonyl (C=O) groups is 3. The summed E-state index contributed by atoms with van der Waals surface area (Å²) in [5.41, 5.74) is 0. The van der Waals surface area contributed by atoms with Crippen LogP contribution < -0.4 is 10.6 Å². The molecule has 134 valence electrons. The van der Waals surface area contributed by atoms with Gasteiger partial charge in [-0.25, -0.2) is 4.79 Å². The molecule has 2 unspecified atom stereocenters. The van der Waals surface area contributed by atoms with E-state index in [9.17, 15) is 27.6 Å². The van der Waals surface area contributed by atoms with E-state index >= 15 is 0 Å². The summed E-state index contributed by atoms with van der Waals surface area (Å²) in [4.78, 5) is 35.4. The lowest BCUT2D eigenvalue weighted by molar-refractivity contribution is -0.160. The van der Waals surface area contributed by atoms with Gasteiger partial charge >= 0.3 is 12.1 Å². The molecule has 0 radical (unpaired) electrons. The molecule has 0 fully saturated rings. The monoisotopic (exact) mass is 366 g/mol. The van der Waals surface area contributed by atoms with E-state index in [0.717, 1.165) is 11.3 Å². The Labute approximate surface area is 140 Å². The Kier molecular flexibility index (Phi) is 6.76. The van der Waals surface area contributed by atoms with Crippen LogP contribution in [-0.4, -0.2) is 41.2 Å². The van der Waals surface area contributed by atoms with Crippen molar-refractivity contribution in [1.29, 1.82) is 0 Å². The lowest BCUT2D eigenvalue weighted by Crippen LogP contribution is -2.54. The molecule has 0 bridgehead atoms. The van der Waals surface area contributed by atoms with Gasteiger partial charge in [0.2, 0.25) is 5.91 Å². The van der Waals surface area contributed by atoms with Gasteiger partial charge in [-0.3, -0.25) is 9.59 Å². The van der Waals surface area contributed by atoms with Crippen LogP contribution in [0.25, 0.3) is 0 Å². The van der Waals surface area contributed by atoms with Crippen LogP contribution in [0.4, 0.5) is 13.2 Å². The molecule has 0 spiro atoms. The van der Waals surface area contributed by atoms with Crippen LogP contribution in [0.3, 0.4) is 0 Å². The quantitative estimate of drug-likeness (QED) is 0.688. The zero-order valence-corrected chi connectivity index (χ0v) is 13.7. The summed E-state index contributed by atoms with van der Waals surface area (Å²) in [6.07, 6.45) is -6.44. The van der Waals surface area contributed by atoms with Crippen LogP contribution in [0, 0.1) is 5.92 Å². The zero-order chi connectivity index (χ0) is 18.5. The first-order chi connectivity index (χ1) is 11.0. The number of nitrogens with one attached hydrogen (secondary N) is 2. The van der Waals surface area contributed by atoms with Crippen molar-refractivity contribution in [1.82, 2.24) is 10.6 Å². The van der Waals surface area contributed by atoms with E-state index in [1.807, 2.05) is 5.32 Å². The largest absolute Gasteiger partial charge is 0.480 e. The smallest absolute Gasteiger partial charge is 0.391 e. The number of thiophene rings is 1. The summed E-state index contributed by atoms with van der Waals surface area (Å²) in [6, 6.07) is -0.112. The fourth-order valence-electron chi connectivity index (χ4n) is 1.85. The average Bonchev–Trinajstić information content (AvgIpc) is 2.95. The molecule has 1 rings (SSSR count). The number of carbonyl (C=O) groups excluding carboxylic acids is 2. The fraction of sp³-hybridized carbons (Fsp3) is 0.500. The number of aliphatic carboxylic acids is 1. The first kappa shape index (κ1) is 19.9. The topological polar surface area (TPSA) is 95.5 Å². The lowest BCUT2D eigenvalue weighted by Gasteiger charge is -2.24. The molecule has 2 amide bonds. The molecule has 1 aromatic heterocycles. The van der Waals surface area contributed by atoms with Gasteiger partial charge in [0, 0.05) is 0 Å². The number of carboxylic acids is 1. The maximum Gasteiger partial charge on any atom is 0.391 e. The number of hydrogen-bond donors (Lipinski definition) is 3. The molecule has 0 aliphatic heterocycles. The van der Waals surface area contributed by atoms with Gasteiger partial charge in [0.15, 0.2) is 0 Å². The number of alkyl halides is 3. The Morgan fingerprint density at radius 2 is 1.88 bits per heavy atom. The molecule has 6 nitrogen and oxygen atoms in total. The Morgan fingerprint density at radius 3 is 2.29 bits per heavy atom. The van der Waals surface area contributed by atoms with Gasteiger partial charge in [-0.2, -0.15) is 13.2 Å². The molecule has 0 aliphatic carbocycles. The molecule has 3 N–H and O–H groups in total. The van der Waals surface area contributed by atoms with Gasteiger partial charge in [0.1, 0.15) is 12.1 Å². The molecule has 0 aromatic carbocycles. The van der Waals surface area contributed by atoms with Gasteiger partial charge in [-0.1, -0.05) is 19.9 Å². The average molecular weight is 366 g/mol. The third kappa shape index (κ3) is 6.19. The Hall–Kier alpha value is -2.10. The molecule has 10 heteroatoms. The van der Waals surface area contributed by atoms with Crippen LogP contribution >= 0.6 is 11.3 Å². The predicted octanol–water partition coefficient (Wildman–Crippen LogP) is 2.02. The summed E-state index contributed by atoms with van der Waals surface area (Å²) < 4.78 is 37.2. The minimum absolute atomic E-state index is 0.332. The number of rotatable bonds is 7. The Balaban J connectivity index is 2.81. The first-order valence-electron chi connectivity index (χ1n) is 6.95.